The largest absolute Gasteiger partial charge is 0.383 e. The molecule has 0 radical (unpaired) electrons. The molecule has 2 aromatic carbocycles. The highest BCUT2D eigenvalue weighted by atomic mass is 15.2. The number of benzene rings is 2. The predicted octanol–water partition coefficient (Wildman–Crippen LogP) is 4.74. The number of fused-ring (bicyclic) bond motifs is 1. The van der Waals surface area contributed by atoms with Crippen molar-refractivity contribution in [2.24, 2.45) is 0 Å². The molecule has 6 aromatic rings. The number of imidazole rings is 1. The molecule has 0 atom stereocenters. The van der Waals surface area contributed by atoms with Crippen molar-refractivity contribution in [2.45, 2.75) is 25.4 Å². The van der Waals surface area contributed by atoms with Crippen molar-refractivity contribution >= 4 is 22.9 Å². The lowest BCUT2D eigenvalue weighted by Crippen LogP contribution is -2.39. The van der Waals surface area contributed by atoms with Crippen molar-refractivity contribution in [3.63, 3.8) is 0 Å². The number of aromatic nitrogens is 7. The number of anilines is 2. The zero-order valence-electron chi connectivity index (χ0n) is 24.7. The Morgan fingerprint density at radius 3 is 2.39 bits per heavy atom. The minimum atomic E-state index is 0.112. The van der Waals surface area contributed by atoms with Crippen LogP contribution in [0.1, 0.15) is 29.8 Å². The molecule has 0 spiro atoms. The average molecular weight is 605 g/mol. The molecule has 1 aliphatic rings. The molecular weight excluding hydrogens is 576 g/mol. The van der Waals surface area contributed by atoms with Crippen LogP contribution in [0.25, 0.3) is 39.5 Å². The van der Waals surface area contributed by atoms with Crippen LogP contribution in [-0.4, -0.2) is 58.5 Å². The summed E-state index contributed by atoms with van der Waals surface area (Å²) >= 11 is 0. The SMILES string of the molecule is N#Cc1ccc(-c2ccc3nc(-c4cccnc4N)n(-c4ccc(CN5CCC(Nc6ncnc(C#N)n6)CC5)cc4)c3n2)cc1. The number of nitrogens with two attached hydrogens (primary N) is 1. The summed E-state index contributed by atoms with van der Waals surface area (Å²) in [7, 11) is 0. The Hall–Kier alpha value is -6.24. The van der Waals surface area contributed by atoms with E-state index in [1.54, 1.807) is 18.3 Å². The number of nitrogen functional groups attached to an aromatic ring is 1. The van der Waals surface area contributed by atoms with Gasteiger partial charge in [0.2, 0.25) is 11.8 Å². The zero-order chi connectivity index (χ0) is 31.5. The van der Waals surface area contributed by atoms with Crippen molar-refractivity contribution in [1.82, 2.24) is 39.4 Å². The van der Waals surface area contributed by atoms with Crippen LogP contribution in [-0.2, 0) is 6.54 Å². The highest BCUT2D eigenvalue weighted by Gasteiger charge is 2.21. The first-order valence-corrected chi connectivity index (χ1v) is 14.9. The fourth-order valence-electron chi connectivity index (χ4n) is 5.71. The third kappa shape index (κ3) is 5.80. The first kappa shape index (κ1) is 28.5. The summed E-state index contributed by atoms with van der Waals surface area (Å²) in [4.78, 5) is 28.8. The summed E-state index contributed by atoms with van der Waals surface area (Å²) in [6, 6.07) is 27.8. The van der Waals surface area contributed by atoms with E-state index in [-0.39, 0.29) is 11.9 Å². The summed E-state index contributed by atoms with van der Waals surface area (Å²) in [5.74, 6) is 1.61. The molecule has 1 fully saturated rings. The Balaban J connectivity index is 1.13. The number of hydrogen-bond donors (Lipinski definition) is 2. The van der Waals surface area contributed by atoms with E-state index in [2.05, 4.69) is 60.5 Å². The van der Waals surface area contributed by atoms with E-state index in [0.717, 1.165) is 60.5 Å². The van der Waals surface area contributed by atoms with Gasteiger partial charge in [-0.3, -0.25) is 9.47 Å². The van der Waals surface area contributed by atoms with Crippen LogP contribution >= 0.6 is 0 Å². The quantitative estimate of drug-likeness (QED) is 0.258. The van der Waals surface area contributed by atoms with Gasteiger partial charge in [-0.1, -0.05) is 24.3 Å². The molecule has 4 aromatic heterocycles. The van der Waals surface area contributed by atoms with Gasteiger partial charge in [-0.2, -0.15) is 15.5 Å². The number of rotatable bonds is 7. The van der Waals surface area contributed by atoms with Gasteiger partial charge in [-0.15, -0.1) is 0 Å². The molecular formula is C34H28N12. The Labute approximate surface area is 264 Å². The van der Waals surface area contributed by atoms with Crippen molar-refractivity contribution < 1.29 is 0 Å². The fraction of sp³-hybridized carbons (Fsp3) is 0.176. The fourth-order valence-corrected chi connectivity index (χ4v) is 5.71. The second-order valence-electron chi connectivity index (χ2n) is 11.0. The van der Waals surface area contributed by atoms with Crippen molar-refractivity contribution in [3.05, 3.63) is 102 Å². The first-order chi connectivity index (χ1) is 22.6. The van der Waals surface area contributed by atoms with Crippen molar-refractivity contribution in [3.8, 4) is 40.5 Å². The number of nitrogens with one attached hydrogen (secondary N) is 1. The normalized spacial score (nSPS) is 13.7. The molecule has 0 unspecified atom stereocenters. The van der Waals surface area contributed by atoms with Crippen molar-refractivity contribution in [1.29, 1.82) is 10.5 Å². The topological polar surface area (TPSA) is 171 Å². The molecule has 3 N–H and O–H groups in total. The minimum absolute atomic E-state index is 0.112. The van der Waals surface area contributed by atoms with Crippen LogP contribution in [0, 0.1) is 22.7 Å². The van der Waals surface area contributed by atoms with Crippen LogP contribution in [0.5, 0.6) is 0 Å². The van der Waals surface area contributed by atoms with Gasteiger partial charge in [-0.05, 0) is 66.9 Å². The maximum Gasteiger partial charge on any atom is 0.236 e. The highest BCUT2D eigenvalue weighted by Crippen LogP contribution is 2.32. The van der Waals surface area contributed by atoms with Crippen LogP contribution < -0.4 is 11.1 Å². The Bertz CT molecular complexity index is 2100. The lowest BCUT2D eigenvalue weighted by Gasteiger charge is -2.32. The Kier molecular flexibility index (Phi) is 7.69. The van der Waals surface area contributed by atoms with Gasteiger partial charge in [-0.25, -0.2) is 24.9 Å². The molecule has 0 bridgehead atoms. The van der Waals surface area contributed by atoms with Crippen LogP contribution in [0.2, 0.25) is 0 Å². The van der Waals surface area contributed by atoms with Crippen LogP contribution in [0.4, 0.5) is 11.8 Å². The summed E-state index contributed by atoms with van der Waals surface area (Å²) in [5, 5.41) is 21.6. The maximum atomic E-state index is 9.21. The minimum Gasteiger partial charge on any atom is -0.383 e. The smallest absolute Gasteiger partial charge is 0.236 e. The van der Waals surface area contributed by atoms with E-state index in [4.69, 9.17) is 21.0 Å². The lowest BCUT2D eigenvalue weighted by molar-refractivity contribution is 0.211. The first-order valence-electron chi connectivity index (χ1n) is 14.9. The number of hydrogen-bond acceptors (Lipinski definition) is 11. The van der Waals surface area contributed by atoms with E-state index in [1.807, 2.05) is 47.0 Å². The zero-order valence-corrected chi connectivity index (χ0v) is 24.7. The van der Waals surface area contributed by atoms with E-state index < -0.39 is 0 Å². The Morgan fingerprint density at radius 1 is 0.848 bits per heavy atom. The van der Waals surface area contributed by atoms with E-state index in [9.17, 15) is 5.26 Å². The van der Waals surface area contributed by atoms with Gasteiger partial charge in [0, 0.05) is 43.1 Å². The third-order valence-corrected chi connectivity index (χ3v) is 8.09. The van der Waals surface area contributed by atoms with Gasteiger partial charge >= 0.3 is 0 Å². The molecule has 12 heteroatoms. The highest BCUT2D eigenvalue weighted by molar-refractivity contribution is 5.84. The number of nitrogens with zero attached hydrogens (tertiary/aromatic N) is 10. The molecule has 12 nitrogen and oxygen atoms in total. The molecule has 0 aliphatic carbocycles. The summed E-state index contributed by atoms with van der Waals surface area (Å²) in [6.07, 6.45) is 4.90. The predicted molar refractivity (Wildman–Crippen MR) is 173 cm³/mol. The monoisotopic (exact) mass is 604 g/mol. The molecule has 0 amide bonds. The van der Waals surface area contributed by atoms with Gasteiger partial charge in [0.05, 0.1) is 22.9 Å². The summed E-state index contributed by atoms with van der Waals surface area (Å²) in [6.45, 7) is 2.67. The van der Waals surface area contributed by atoms with E-state index in [0.29, 0.717) is 28.8 Å². The maximum absolute atomic E-state index is 9.21. The standard InChI is InChI=1S/C34H28N12/c35-18-22-3-7-24(8-4-22)28-11-12-29-33(42-28)46(32(43-29)27-2-1-15-38-31(27)37)26-9-5-23(6-10-26)20-45-16-13-25(14-17-45)41-34-40-21-39-30(19-36)44-34/h1-12,15,21,25H,13-14,16-17,20H2,(H2,37,38)(H,39,40,41,44). The molecule has 1 saturated heterocycles. The second kappa shape index (κ2) is 12.4. The van der Waals surface area contributed by atoms with Gasteiger partial charge in [0.15, 0.2) is 11.5 Å². The summed E-state index contributed by atoms with van der Waals surface area (Å²) < 4.78 is 2.02. The number of nitriles is 2. The van der Waals surface area contributed by atoms with E-state index >= 15 is 0 Å². The molecule has 224 valence electrons. The molecule has 7 rings (SSSR count). The summed E-state index contributed by atoms with van der Waals surface area (Å²) in [5.41, 5.74) is 12.9. The van der Waals surface area contributed by atoms with Gasteiger partial charge < -0.3 is 11.1 Å². The molecule has 0 saturated carbocycles. The lowest BCUT2D eigenvalue weighted by atomic mass is 10.0. The number of piperidine rings is 1. The average Bonchev–Trinajstić information content (AvgIpc) is 3.48. The molecule has 5 heterocycles. The van der Waals surface area contributed by atoms with Crippen LogP contribution in [0.15, 0.2) is 85.3 Å². The number of likely N-dealkylation sites (tertiary alicyclic amines) is 1. The van der Waals surface area contributed by atoms with Crippen molar-refractivity contribution in [2.75, 3.05) is 24.1 Å². The van der Waals surface area contributed by atoms with E-state index in [1.165, 1.54) is 11.9 Å². The Morgan fingerprint density at radius 2 is 1.65 bits per heavy atom. The third-order valence-electron chi connectivity index (χ3n) is 8.09. The molecule has 1 aliphatic heterocycles. The van der Waals surface area contributed by atoms with Gasteiger partial charge in [0.1, 0.15) is 23.7 Å². The second-order valence-corrected chi connectivity index (χ2v) is 11.0. The van der Waals surface area contributed by atoms with Gasteiger partial charge in [0.25, 0.3) is 0 Å². The van der Waals surface area contributed by atoms with Crippen LogP contribution in [0.3, 0.4) is 0 Å². The number of pyridine rings is 2. The molecule has 46 heavy (non-hydrogen) atoms.